The molecular formula is C21H31N5. The van der Waals surface area contributed by atoms with Gasteiger partial charge in [0, 0.05) is 27.2 Å². The molecule has 0 aliphatic heterocycles. The molecule has 0 amide bonds. The third-order valence-corrected chi connectivity index (χ3v) is 4.22. The molecule has 0 saturated carbocycles. The molecule has 1 atom stereocenters. The standard InChI is InChI=1S/C21H31N5/c1-6-22-21(23-14-17(3)18-12-10-16(2)11-13-18)24-15-19-8-7-9-20(25-19)26(4)5/h7-13,17H,6,14-15H2,1-5H3,(H2,22,23,24). The number of anilines is 1. The third-order valence-electron chi connectivity index (χ3n) is 4.22. The van der Waals surface area contributed by atoms with Crippen molar-refractivity contribution in [2.75, 3.05) is 32.1 Å². The normalized spacial score (nSPS) is 12.6. The minimum atomic E-state index is 0.412. The largest absolute Gasteiger partial charge is 0.363 e. The van der Waals surface area contributed by atoms with Crippen molar-refractivity contribution >= 4 is 11.8 Å². The summed E-state index contributed by atoms with van der Waals surface area (Å²) in [5.74, 6) is 2.18. The van der Waals surface area contributed by atoms with Crippen molar-refractivity contribution in [3.63, 3.8) is 0 Å². The molecular weight excluding hydrogens is 322 g/mol. The van der Waals surface area contributed by atoms with Crippen LogP contribution in [0.25, 0.3) is 0 Å². The fourth-order valence-corrected chi connectivity index (χ4v) is 2.57. The lowest BCUT2D eigenvalue weighted by atomic mass is 10.0. The first kappa shape index (κ1) is 19.8. The number of pyridine rings is 1. The molecule has 1 aromatic heterocycles. The number of nitrogens with zero attached hydrogens (tertiary/aromatic N) is 3. The van der Waals surface area contributed by atoms with Crippen LogP contribution in [0.1, 0.15) is 36.6 Å². The highest BCUT2D eigenvalue weighted by molar-refractivity contribution is 5.79. The van der Waals surface area contributed by atoms with E-state index in [9.17, 15) is 0 Å². The Hall–Kier alpha value is -2.56. The van der Waals surface area contributed by atoms with Gasteiger partial charge in [0.15, 0.2) is 5.96 Å². The Balaban J connectivity index is 1.97. The van der Waals surface area contributed by atoms with E-state index in [4.69, 9.17) is 0 Å². The van der Waals surface area contributed by atoms with Crippen LogP contribution in [-0.4, -0.2) is 38.1 Å². The van der Waals surface area contributed by atoms with Gasteiger partial charge in [0.25, 0.3) is 0 Å². The summed E-state index contributed by atoms with van der Waals surface area (Å²) in [6.07, 6.45) is 0. The first-order valence-corrected chi connectivity index (χ1v) is 9.21. The zero-order valence-electron chi connectivity index (χ0n) is 16.6. The average Bonchev–Trinajstić information content (AvgIpc) is 2.64. The lowest BCUT2D eigenvalue weighted by Gasteiger charge is -2.16. The zero-order valence-corrected chi connectivity index (χ0v) is 16.6. The maximum absolute atomic E-state index is 4.68. The maximum atomic E-state index is 4.68. The van der Waals surface area contributed by atoms with Crippen molar-refractivity contribution in [1.82, 2.24) is 15.6 Å². The van der Waals surface area contributed by atoms with E-state index < -0.39 is 0 Å². The Bertz CT molecular complexity index is 707. The first-order chi connectivity index (χ1) is 12.5. The molecule has 0 radical (unpaired) electrons. The summed E-state index contributed by atoms with van der Waals surface area (Å²) in [7, 11) is 3.99. The van der Waals surface area contributed by atoms with Gasteiger partial charge in [-0.25, -0.2) is 9.98 Å². The van der Waals surface area contributed by atoms with Crippen molar-refractivity contribution in [3.8, 4) is 0 Å². The second-order valence-electron chi connectivity index (χ2n) is 6.77. The van der Waals surface area contributed by atoms with Gasteiger partial charge in [-0.2, -0.15) is 0 Å². The predicted octanol–water partition coefficient (Wildman–Crippen LogP) is 3.31. The van der Waals surface area contributed by atoms with Gasteiger partial charge in [0.1, 0.15) is 5.82 Å². The number of guanidine groups is 1. The van der Waals surface area contributed by atoms with E-state index in [1.165, 1.54) is 11.1 Å². The number of aromatic nitrogens is 1. The van der Waals surface area contributed by atoms with E-state index in [1.807, 2.05) is 37.2 Å². The number of hydrogen-bond donors (Lipinski definition) is 2. The number of aryl methyl sites for hydroxylation is 1. The molecule has 0 spiro atoms. The van der Waals surface area contributed by atoms with Crippen molar-refractivity contribution in [3.05, 3.63) is 59.3 Å². The van der Waals surface area contributed by atoms with E-state index in [2.05, 4.69) is 65.6 Å². The van der Waals surface area contributed by atoms with Crippen LogP contribution < -0.4 is 15.5 Å². The van der Waals surface area contributed by atoms with Crippen LogP contribution in [0.4, 0.5) is 5.82 Å². The van der Waals surface area contributed by atoms with Crippen LogP contribution in [0.3, 0.4) is 0 Å². The molecule has 26 heavy (non-hydrogen) atoms. The number of nitrogens with one attached hydrogen (secondary N) is 2. The summed E-state index contributed by atoms with van der Waals surface area (Å²) < 4.78 is 0. The van der Waals surface area contributed by atoms with Crippen LogP contribution >= 0.6 is 0 Å². The van der Waals surface area contributed by atoms with Crippen molar-refractivity contribution in [2.45, 2.75) is 33.2 Å². The van der Waals surface area contributed by atoms with Gasteiger partial charge >= 0.3 is 0 Å². The molecule has 0 saturated heterocycles. The predicted molar refractivity (Wildman–Crippen MR) is 111 cm³/mol. The second-order valence-corrected chi connectivity index (χ2v) is 6.77. The van der Waals surface area contributed by atoms with Gasteiger partial charge in [0.2, 0.25) is 0 Å². The molecule has 1 heterocycles. The minimum Gasteiger partial charge on any atom is -0.363 e. The maximum Gasteiger partial charge on any atom is 0.191 e. The Morgan fingerprint density at radius 3 is 2.50 bits per heavy atom. The van der Waals surface area contributed by atoms with E-state index in [0.717, 1.165) is 30.6 Å². The fourth-order valence-electron chi connectivity index (χ4n) is 2.57. The molecule has 0 fully saturated rings. The van der Waals surface area contributed by atoms with Gasteiger partial charge in [-0.3, -0.25) is 0 Å². The summed E-state index contributed by atoms with van der Waals surface area (Å²) in [6.45, 7) is 8.63. The first-order valence-electron chi connectivity index (χ1n) is 9.21. The lowest BCUT2D eigenvalue weighted by Crippen LogP contribution is -2.39. The van der Waals surface area contributed by atoms with Gasteiger partial charge < -0.3 is 15.5 Å². The summed E-state index contributed by atoms with van der Waals surface area (Å²) in [6, 6.07) is 14.7. The summed E-state index contributed by atoms with van der Waals surface area (Å²) >= 11 is 0. The Labute approximate surface area is 157 Å². The number of benzene rings is 1. The lowest BCUT2D eigenvalue weighted by molar-refractivity contribution is 0.699. The molecule has 2 N–H and O–H groups in total. The molecule has 2 rings (SSSR count). The average molecular weight is 354 g/mol. The highest BCUT2D eigenvalue weighted by Crippen LogP contribution is 2.14. The van der Waals surface area contributed by atoms with E-state index in [-0.39, 0.29) is 0 Å². The SMILES string of the molecule is CCNC(=NCc1cccc(N(C)C)n1)NCC(C)c1ccc(C)cc1. The molecule has 140 valence electrons. The highest BCUT2D eigenvalue weighted by Gasteiger charge is 2.07. The smallest absolute Gasteiger partial charge is 0.191 e. The van der Waals surface area contributed by atoms with Crippen LogP contribution in [0, 0.1) is 6.92 Å². The Kier molecular flexibility index (Phi) is 7.45. The zero-order chi connectivity index (χ0) is 18.9. The van der Waals surface area contributed by atoms with Crippen molar-refractivity contribution < 1.29 is 0 Å². The number of aliphatic imine (C=N–C) groups is 1. The number of rotatable bonds is 7. The molecule has 1 aromatic carbocycles. The fraction of sp³-hybridized carbons (Fsp3) is 0.429. The summed E-state index contributed by atoms with van der Waals surface area (Å²) in [5, 5.41) is 6.75. The monoisotopic (exact) mass is 353 g/mol. The molecule has 2 aromatic rings. The van der Waals surface area contributed by atoms with Crippen LogP contribution in [0.5, 0.6) is 0 Å². The van der Waals surface area contributed by atoms with Crippen LogP contribution in [0.15, 0.2) is 47.5 Å². The van der Waals surface area contributed by atoms with E-state index >= 15 is 0 Å². The molecule has 0 aliphatic rings. The minimum absolute atomic E-state index is 0.412. The van der Waals surface area contributed by atoms with E-state index in [1.54, 1.807) is 0 Å². The summed E-state index contributed by atoms with van der Waals surface area (Å²) in [5.41, 5.74) is 3.58. The van der Waals surface area contributed by atoms with Crippen LogP contribution in [-0.2, 0) is 6.54 Å². The summed E-state index contributed by atoms with van der Waals surface area (Å²) in [4.78, 5) is 11.3. The third kappa shape index (κ3) is 6.06. The van der Waals surface area contributed by atoms with Crippen molar-refractivity contribution in [2.24, 2.45) is 4.99 Å². The molecule has 5 heteroatoms. The van der Waals surface area contributed by atoms with E-state index in [0.29, 0.717) is 12.5 Å². The highest BCUT2D eigenvalue weighted by atomic mass is 15.2. The number of hydrogen-bond acceptors (Lipinski definition) is 3. The molecule has 0 aliphatic carbocycles. The van der Waals surface area contributed by atoms with Gasteiger partial charge in [-0.1, -0.05) is 42.8 Å². The Morgan fingerprint density at radius 1 is 1.12 bits per heavy atom. The van der Waals surface area contributed by atoms with Gasteiger partial charge in [0.05, 0.1) is 12.2 Å². The van der Waals surface area contributed by atoms with Gasteiger partial charge in [-0.15, -0.1) is 0 Å². The van der Waals surface area contributed by atoms with Crippen LogP contribution in [0.2, 0.25) is 0 Å². The van der Waals surface area contributed by atoms with Crippen molar-refractivity contribution in [1.29, 1.82) is 0 Å². The van der Waals surface area contributed by atoms with Gasteiger partial charge in [-0.05, 0) is 37.5 Å². The molecule has 5 nitrogen and oxygen atoms in total. The molecule has 0 bridgehead atoms. The quantitative estimate of drug-likeness (QED) is 0.592. The second kappa shape index (κ2) is 9.80. The topological polar surface area (TPSA) is 52.6 Å². The molecule has 1 unspecified atom stereocenters. The Morgan fingerprint density at radius 2 is 1.85 bits per heavy atom.